The topological polar surface area (TPSA) is 88.9 Å². The number of carbonyl (C=O) groups is 2. The lowest BCUT2D eigenvalue weighted by atomic mass is 10.1. The van der Waals surface area contributed by atoms with Gasteiger partial charge < -0.3 is 10.6 Å². The fraction of sp³-hybridized carbons (Fsp3) is 0.217. The SMILES string of the molecule is O=C(/C=C\c1ccc(C(=O)NC2CC2)cc1)Nc1ccn(CCc2ccccn2)n1. The minimum atomic E-state index is -0.263. The lowest BCUT2D eigenvalue weighted by molar-refractivity contribution is -0.111. The van der Waals surface area contributed by atoms with Gasteiger partial charge in [-0.05, 0) is 48.7 Å². The molecule has 7 nitrogen and oxygen atoms in total. The zero-order valence-corrected chi connectivity index (χ0v) is 16.5. The smallest absolute Gasteiger partial charge is 0.251 e. The molecule has 0 atom stereocenters. The largest absolute Gasteiger partial charge is 0.349 e. The number of hydrogen-bond donors (Lipinski definition) is 2. The van der Waals surface area contributed by atoms with Crippen molar-refractivity contribution < 1.29 is 9.59 Å². The third kappa shape index (κ3) is 5.64. The number of aromatic nitrogens is 3. The predicted octanol–water partition coefficient (Wildman–Crippen LogP) is 3.06. The van der Waals surface area contributed by atoms with Crippen LogP contribution in [0.4, 0.5) is 5.82 Å². The van der Waals surface area contributed by atoms with Gasteiger partial charge in [-0.1, -0.05) is 18.2 Å². The second kappa shape index (κ2) is 9.17. The summed E-state index contributed by atoms with van der Waals surface area (Å²) in [5, 5.41) is 10.1. The first kappa shape index (κ1) is 19.6. The number of aryl methyl sites for hydroxylation is 2. The first-order chi connectivity index (χ1) is 14.7. The van der Waals surface area contributed by atoms with Crippen molar-refractivity contribution in [3.8, 4) is 0 Å². The Bertz CT molecular complexity index is 1040. The molecule has 1 aromatic carbocycles. The minimum absolute atomic E-state index is 0.0515. The van der Waals surface area contributed by atoms with E-state index in [0.29, 0.717) is 24.0 Å². The van der Waals surface area contributed by atoms with Crippen LogP contribution in [0, 0.1) is 0 Å². The number of amides is 2. The van der Waals surface area contributed by atoms with Crippen molar-refractivity contribution >= 4 is 23.7 Å². The summed E-state index contributed by atoms with van der Waals surface area (Å²) in [6, 6.07) is 15.1. The maximum absolute atomic E-state index is 12.2. The molecule has 1 saturated carbocycles. The molecular weight excluding hydrogens is 378 g/mol. The summed E-state index contributed by atoms with van der Waals surface area (Å²) < 4.78 is 1.78. The molecule has 0 bridgehead atoms. The standard InChI is InChI=1S/C23H23N5O2/c29-22(11-6-17-4-7-18(8-5-17)23(30)25-20-9-10-20)26-21-13-16-28(27-21)15-12-19-3-1-2-14-24-19/h1-8,11,13-14,16,20H,9-10,12,15H2,(H,25,30)(H,26,27,29)/b11-6-. The molecule has 2 aromatic heterocycles. The van der Waals surface area contributed by atoms with Gasteiger partial charge in [-0.15, -0.1) is 0 Å². The van der Waals surface area contributed by atoms with E-state index >= 15 is 0 Å². The summed E-state index contributed by atoms with van der Waals surface area (Å²) in [4.78, 5) is 28.4. The molecule has 1 aliphatic rings. The van der Waals surface area contributed by atoms with Crippen LogP contribution in [0.3, 0.4) is 0 Å². The molecule has 1 fully saturated rings. The number of nitrogens with zero attached hydrogens (tertiary/aromatic N) is 3. The van der Waals surface area contributed by atoms with Crippen LogP contribution in [-0.4, -0.2) is 32.6 Å². The molecule has 4 rings (SSSR count). The first-order valence-electron chi connectivity index (χ1n) is 9.99. The molecule has 2 amide bonds. The Kier molecular flexibility index (Phi) is 5.98. The van der Waals surface area contributed by atoms with Gasteiger partial charge in [0.05, 0.1) is 0 Å². The van der Waals surface area contributed by atoms with E-state index in [9.17, 15) is 9.59 Å². The second-order valence-corrected chi connectivity index (χ2v) is 7.23. The van der Waals surface area contributed by atoms with Crippen LogP contribution in [0.1, 0.15) is 34.5 Å². The zero-order valence-electron chi connectivity index (χ0n) is 16.5. The van der Waals surface area contributed by atoms with Gasteiger partial charge in [0.15, 0.2) is 5.82 Å². The maximum Gasteiger partial charge on any atom is 0.251 e. The van der Waals surface area contributed by atoms with Crippen LogP contribution in [0.5, 0.6) is 0 Å². The van der Waals surface area contributed by atoms with Crippen LogP contribution >= 0.6 is 0 Å². The molecule has 0 radical (unpaired) electrons. The molecule has 0 saturated heterocycles. The van der Waals surface area contributed by atoms with E-state index in [2.05, 4.69) is 20.7 Å². The molecule has 30 heavy (non-hydrogen) atoms. The van der Waals surface area contributed by atoms with Crippen molar-refractivity contribution in [3.05, 3.63) is 83.8 Å². The van der Waals surface area contributed by atoms with E-state index in [1.54, 1.807) is 35.2 Å². The van der Waals surface area contributed by atoms with Gasteiger partial charge in [-0.25, -0.2) is 0 Å². The number of anilines is 1. The van der Waals surface area contributed by atoms with Crippen LogP contribution in [0.15, 0.2) is 67.0 Å². The highest BCUT2D eigenvalue weighted by Crippen LogP contribution is 2.19. The Morgan fingerprint density at radius 2 is 1.93 bits per heavy atom. The van der Waals surface area contributed by atoms with Crippen molar-refractivity contribution in [2.24, 2.45) is 0 Å². The molecule has 7 heteroatoms. The van der Waals surface area contributed by atoms with E-state index in [1.165, 1.54) is 6.08 Å². The van der Waals surface area contributed by atoms with Gasteiger partial charge in [0.2, 0.25) is 5.91 Å². The lowest BCUT2D eigenvalue weighted by Gasteiger charge is -2.03. The molecule has 0 spiro atoms. The summed E-state index contributed by atoms with van der Waals surface area (Å²) >= 11 is 0. The van der Waals surface area contributed by atoms with Crippen LogP contribution in [-0.2, 0) is 17.8 Å². The summed E-state index contributed by atoms with van der Waals surface area (Å²) in [6.07, 6.45) is 9.64. The van der Waals surface area contributed by atoms with E-state index < -0.39 is 0 Å². The average molecular weight is 401 g/mol. The third-order valence-corrected chi connectivity index (χ3v) is 4.73. The Hall–Kier alpha value is -3.74. The molecule has 152 valence electrons. The van der Waals surface area contributed by atoms with Gasteiger partial charge >= 0.3 is 0 Å². The number of hydrogen-bond acceptors (Lipinski definition) is 4. The predicted molar refractivity (Wildman–Crippen MR) is 115 cm³/mol. The maximum atomic E-state index is 12.2. The van der Waals surface area contributed by atoms with Crippen molar-refractivity contribution in [2.45, 2.75) is 31.8 Å². The fourth-order valence-electron chi connectivity index (χ4n) is 2.91. The zero-order chi connectivity index (χ0) is 20.8. The van der Waals surface area contributed by atoms with Gasteiger partial charge in [0, 0.05) is 54.8 Å². The summed E-state index contributed by atoms with van der Waals surface area (Å²) in [5.41, 5.74) is 2.46. The number of rotatable bonds is 8. The quantitative estimate of drug-likeness (QED) is 0.568. The molecule has 0 unspecified atom stereocenters. The van der Waals surface area contributed by atoms with Crippen molar-refractivity contribution in [1.29, 1.82) is 0 Å². The number of pyridine rings is 1. The van der Waals surface area contributed by atoms with Gasteiger partial charge in [-0.3, -0.25) is 19.3 Å². The van der Waals surface area contributed by atoms with Crippen molar-refractivity contribution in [1.82, 2.24) is 20.1 Å². The molecule has 0 aliphatic heterocycles. The van der Waals surface area contributed by atoms with Crippen LogP contribution in [0.2, 0.25) is 0 Å². The van der Waals surface area contributed by atoms with Crippen LogP contribution < -0.4 is 10.6 Å². The molecule has 1 aliphatic carbocycles. The summed E-state index contributed by atoms with van der Waals surface area (Å²) in [6.45, 7) is 0.684. The monoisotopic (exact) mass is 401 g/mol. The normalized spacial score (nSPS) is 13.3. The molecule has 2 heterocycles. The number of benzene rings is 1. The van der Waals surface area contributed by atoms with Gasteiger partial charge in [0.25, 0.3) is 5.91 Å². The fourth-order valence-corrected chi connectivity index (χ4v) is 2.91. The first-order valence-corrected chi connectivity index (χ1v) is 9.99. The molecular formula is C23H23N5O2. The van der Waals surface area contributed by atoms with Crippen LogP contribution in [0.25, 0.3) is 6.08 Å². The Balaban J connectivity index is 1.26. The average Bonchev–Trinajstić information content (AvgIpc) is 3.48. The van der Waals surface area contributed by atoms with E-state index in [1.807, 2.05) is 36.5 Å². The highest BCUT2D eigenvalue weighted by atomic mass is 16.2. The number of nitrogens with one attached hydrogen (secondary N) is 2. The minimum Gasteiger partial charge on any atom is -0.349 e. The lowest BCUT2D eigenvalue weighted by Crippen LogP contribution is -2.25. The van der Waals surface area contributed by atoms with E-state index in [4.69, 9.17) is 0 Å². The Labute approximate surface area is 174 Å². The Morgan fingerprint density at radius 3 is 2.67 bits per heavy atom. The van der Waals surface area contributed by atoms with Crippen molar-refractivity contribution in [2.75, 3.05) is 5.32 Å². The van der Waals surface area contributed by atoms with Crippen molar-refractivity contribution in [3.63, 3.8) is 0 Å². The third-order valence-electron chi connectivity index (χ3n) is 4.73. The second-order valence-electron chi connectivity index (χ2n) is 7.23. The van der Waals surface area contributed by atoms with E-state index in [0.717, 1.165) is 30.5 Å². The molecule has 2 N–H and O–H groups in total. The molecule has 3 aromatic rings. The Morgan fingerprint density at radius 1 is 1.10 bits per heavy atom. The van der Waals surface area contributed by atoms with Gasteiger partial charge in [0.1, 0.15) is 0 Å². The van der Waals surface area contributed by atoms with Gasteiger partial charge in [-0.2, -0.15) is 5.10 Å². The summed E-state index contributed by atoms with van der Waals surface area (Å²) in [7, 11) is 0. The highest BCUT2D eigenvalue weighted by molar-refractivity contribution is 6.01. The van der Waals surface area contributed by atoms with E-state index in [-0.39, 0.29) is 11.8 Å². The summed E-state index contributed by atoms with van der Waals surface area (Å²) in [5.74, 6) is 0.183. The highest BCUT2D eigenvalue weighted by Gasteiger charge is 2.23. The number of carbonyl (C=O) groups excluding carboxylic acids is 2.